The number of sulfonamides is 1. The van der Waals surface area contributed by atoms with E-state index in [-0.39, 0.29) is 52.5 Å². The standard InChI is InChI=1S/C29H38N6O4S.C28H40N4O2.C24H25F3N4OS/c1-4-8-22(2)34-19-17-25(18-20-34)35(21-23-9-6-5-7-10-23)29(36)30-24-11-13-26(14-12-24)40(37,38)33-27-15-16-28(39-3)32-31-27;1-3-8-23(2)30-15-13-26(14-16-30)32(22-24-9-5-4-6-10-24)28(33)29-25-11-7-12-27(21-25)31-17-19-34-20-18-31;25-24(26,27)19-7-4-8-20(15-19)29-23(32)31(16-18-5-2-1-3-6-18)21-9-12-30(13-10-21)17-22-28-11-14-33-22/h5-7,9-16,22,25H,4,8,17-21H2,1-3H3,(H,30,36)(H,31,33);4-7,9-12,21,23,26H,3,8,13-20,22H2,1-2H3,(H,29,33);1-8,11,14-15,21H,9-10,12-13,16-17H2,(H,29,32). The second-order valence-electron chi connectivity index (χ2n) is 27.7. The topological polar surface area (TPSA) is 213 Å². The Labute approximate surface area is 632 Å². The van der Waals surface area contributed by atoms with Crippen molar-refractivity contribution in [2.45, 2.75) is 159 Å². The number of benzene rings is 6. The Morgan fingerprint density at radius 3 is 1.48 bits per heavy atom. The quantitative estimate of drug-likeness (QED) is 0.0419. The van der Waals surface area contributed by atoms with Crippen LogP contribution in [0.25, 0.3) is 0 Å². The lowest BCUT2D eigenvalue weighted by atomic mass is 10.00. The van der Waals surface area contributed by atoms with Gasteiger partial charge in [0.25, 0.3) is 10.0 Å². The number of carbonyl (C=O) groups excluding carboxylic acids is 3. The zero-order valence-corrected chi connectivity index (χ0v) is 63.7. The molecule has 4 saturated heterocycles. The van der Waals surface area contributed by atoms with Crippen molar-refractivity contribution in [3.05, 3.63) is 215 Å². The molecule has 2 atom stereocenters. The summed E-state index contributed by atoms with van der Waals surface area (Å²) in [5, 5.41) is 19.5. The van der Waals surface area contributed by atoms with Gasteiger partial charge in [-0.1, -0.05) is 130 Å². The first kappa shape index (κ1) is 80.4. The number of urea groups is 3. The van der Waals surface area contributed by atoms with Gasteiger partial charge in [-0.3, -0.25) is 9.62 Å². The third-order valence-corrected chi connectivity index (χ3v) is 22.3. The van der Waals surface area contributed by atoms with E-state index in [1.165, 1.54) is 68.3 Å². The van der Waals surface area contributed by atoms with Gasteiger partial charge in [0.15, 0.2) is 5.82 Å². The van der Waals surface area contributed by atoms with E-state index in [9.17, 15) is 36.0 Å². The van der Waals surface area contributed by atoms with E-state index in [0.717, 1.165) is 157 Å². The predicted octanol–water partition coefficient (Wildman–Crippen LogP) is 16.0. The number of likely N-dealkylation sites (tertiary alicyclic amines) is 3. The molecule has 21 nitrogen and oxygen atoms in total. The van der Waals surface area contributed by atoms with Crippen molar-refractivity contribution in [1.29, 1.82) is 0 Å². The molecule has 26 heteroatoms. The largest absolute Gasteiger partial charge is 0.480 e. The summed E-state index contributed by atoms with van der Waals surface area (Å²) >= 11 is 1.63. The molecular formula is C81H103F3N14O7S2. The molecular weight excluding hydrogens is 1400 g/mol. The highest BCUT2D eigenvalue weighted by molar-refractivity contribution is 7.92. The normalized spacial score (nSPS) is 16.3. The number of hydrogen-bond donors (Lipinski definition) is 4. The maximum absolute atomic E-state index is 13.6. The molecule has 6 heterocycles. The number of alkyl halides is 3. The van der Waals surface area contributed by atoms with Crippen LogP contribution in [0.1, 0.15) is 119 Å². The van der Waals surface area contributed by atoms with Crippen molar-refractivity contribution in [1.82, 2.24) is 44.6 Å². The molecule has 12 rings (SSSR count). The van der Waals surface area contributed by atoms with E-state index in [2.05, 4.69) is 112 Å². The second kappa shape index (κ2) is 40.1. The highest BCUT2D eigenvalue weighted by atomic mass is 32.2. The number of carbonyl (C=O) groups is 3. The first-order chi connectivity index (χ1) is 51.8. The second-order valence-corrected chi connectivity index (χ2v) is 30.4. The van der Waals surface area contributed by atoms with Crippen LogP contribution in [-0.2, 0) is 47.1 Å². The molecule has 0 bridgehead atoms. The fourth-order valence-corrected chi connectivity index (χ4v) is 15.8. The van der Waals surface area contributed by atoms with Crippen LogP contribution in [0.2, 0.25) is 0 Å². The predicted molar refractivity (Wildman–Crippen MR) is 418 cm³/mol. The molecule has 8 aromatic rings. The molecule has 6 amide bonds. The third kappa shape index (κ3) is 24.4. The maximum atomic E-state index is 13.6. The Balaban J connectivity index is 0.000000172. The lowest BCUT2D eigenvalue weighted by Crippen LogP contribution is -2.50. The number of nitrogens with zero attached hydrogens (tertiary/aromatic N) is 10. The van der Waals surface area contributed by atoms with Gasteiger partial charge in [0.05, 0.1) is 37.3 Å². The number of ether oxygens (including phenoxy) is 2. The smallest absolute Gasteiger partial charge is 0.416 e. The van der Waals surface area contributed by atoms with Crippen LogP contribution in [0.4, 0.5) is 56.1 Å². The van der Waals surface area contributed by atoms with Gasteiger partial charge in [0.2, 0.25) is 5.88 Å². The fourth-order valence-electron chi connectivity index (χ4n) is 14.2. The number of hydrogen-bond acceptors (Lipinski definition) is 15. The molecule has 6 aromatic carbocycles. The van der Waals surface area contributed by atoms with Crippen molar-refractivity contribution in [3.63, 3.8) is 0 Å². The summed E-state index contributed by atoms with van der Waals surface area (Å²) in [6.07, 6.45) is 7.54. The van der Waals surface area contributed by atoms with Gasteiger partial charge in [0.1, 0.15) is 5.01 Å². The average molecular weight is 1510 g/mol. The Morgan fingerprint density at radius 1 is 0.570 bits per heavy atom. The first-order valence-electron chi connectivity index (χ1n) is 37.3. The minimum atomic E-state index is -4.46. The highest BCUT2D eigenvalue weighted by Crippen LogP contribution is 2.33. The van der Waals surface area contributed by atoms with Gasteiger partial charge in [-0.15, -0.1) is 21.5 Å². The number of aromatic nitrogens is 3. The SMILES string of the molecule is CCCC(C)N1CCC(N(Cc2ccccc2)C(=O)Nc2ccc(S(=O)(=O)Nc3ccc(OC)nn3)cc2)CC1.CCCC(C)N1CCC(N(Cc2ccccc2)C(=O)Nc2cccc(N3CCOCC3)c2)CC1.O=C(Nc1cccc(C(F)(F)F)c1)N(Cc1ccccc1)C1CCN(Cc2nccs2)CC1. The van der Waals surface area contributed by atoms with E-state index in [1.807, 2.05) is 101 Å². The van der Waals surface area contributed by atoms with E-state index in [4.69, 9.17) is 9.47 Å². The first-order valence-corrected chi connectivity index (χ1v) is 39.7. The lowest BCUT2D eigenvalue weighted by Gasteiger charge is -2.40. The Hall–Kier alpha value is -9.18. The number of piperidine rings is 3. The van der Waals surface area contributed by atoms with Gasteiger partial charge in [-0.05, 0) is 149 Å². The lowest BCUT2D eigenvalue weighted by molar-refractivity contribution is -0.137. The van der Waals surface area contributed by atoms with Crippen LogP contribution in [0.5, 0.6) is 5.88 Å². The zero-order chi connectivity index (χ0) is 75.6. The molecule has 2 unspecified atom stereocenters. The summed E-state index contributed by atoms with van der Waals surface area (Å²) in [5.41, 5.74) is 5.05. The summed E-state index contributed by atoms with van der Waals surface area (Å²) in [6, 6.07) is 52.8. The van der Waals surface area contributed by atoms with Crippen molar-refractivity contribution in [2.75, 3.05) is 98.3 Å². The molecule has 2 aromatic heterocycles. The Kier molecular flexibility index (Phi) is 30.1. The van der Waals surface area contributed by atoms with E-state index in [1.54, 1.807) is 34.6 Å². The van der Waals surface area contributed by atoms with Gasteiger partial charge in [-0.25, -0.2) is 27.8 Å². The molecule has 0 spiro atoms. The monoisotopic (exact) mass is 1500 g/mol. The molecule has 4 aliphatic rings. The summed E-state index contributed by atoms with van der Waals surface area (Å²) in [6.45, 7) is 20.3. The van der Waals surface area contributed by atoms with Gasteiger partial charge in [0, 0.05) is 143 Å². The van der Waals surface area contributed by atoms with Gasteiger partial charge in [-0.2, -0.15) is 13.2 Å². The van der Waals surface area contributed by atoms with Crippen molar-refractivity contribution in [3.8, 4) is 5.88 Å². The summed E-state index contributed by atoms with van der Waals surface area (Å²) in [4.78, 5) is 60.2. The molecule has 0 saturated carbocycles. The zero-order valence-electron chi connectivity index (χ0n) is 62.0. The average Bonchev–Trinajstić information content (AvgIpc) is 1.26. The van der Waals surface area contributed by atoms with Crippen LogP contribution in [0.3, 0.4) is 0 Å². The minimum Gasteiger partial charge on any atom is -0.480 e. The number of methoxy groups -OCH3 is 1. The number of amides is 6. The molecule has 572 valence electrons. The van der Waals surface area contributed by atoms with Crippen molar-refractivity contribution < 1.29 is 45.4 Å². The van der Waals surface area contributed by atoms with E-state index < -0.39 is 27.8 Å². The number of rotatable bonds is 25. The van der Waals surface area contributed by atoms with Crippen LogP contribution >= 0.6 is 11.3 Å². The van der Waals surface area contributed by atoms with Crippen LogP contribution < -0.4 is 30.3 Å². The number of anilines is 5. The van der Waals surface area contributed by atoms with Crippen LogP contribution in [-0.4, -0.2) is 174 Å². The number of nitrogens with one attached hydrogen (secondary N) is 4. The van der Waals surface area contributed by atoms with Gasteiger partial charge < -0.3 is 54.8 Å². The van der Waals surface area contributed by atoms with E-state index in [0.29, 0.717) is 37.4 Å². The highest BCUT2D eigenvalue weighted by Gasteiger charge is 2.35. The maximum Gasteiger partial charge on any atom is 0.416 e. The Morgan fingerprint density at radius 2 is 1.04 bits per heavy atom. The van der Waals surface area contributed by atoms with Gasteiger partial charge >= 0.3 is 24.3 Å². The summed E-state index contributed by atoms with van der Waals surface area (Å²) < 4.78 is 77.7. The van der Waals surface area contributed by atoms with Crippen LogP contribution in [0, 0.1) is 0 Å². The van der Waals surface area contributed by atoms with Crippen molar-refractivity contribution >= 4 is 68.0 Å². The third-order valence-electron chi connectivity index (χ3n) is 20.2. The molecule has 0 aliphatic carbocycles. The molecule has 0 radical (unpaired) electrons. The Bertz CT molecular complexity index is 4090. The van der Waals surface area contributed by atoms with Crippen molar-refractivity contribution in [2.24, 2.45) is 0 Å². The minimum absolute atomic E-state index is 0.0106. The fraction of sp³-hybridized carbons (Fsp3) is 0.432. The molecule has 107 heavy (non-hydrogen) atoms. The van der Waals surface area contributed by atoms with E-state index >= 15 is 0 Å². The molecule has 4 fully saturated rings. The number of morpholine rings is 1. The number of halogens is 3. The molecule has 4 N–H and O–H groups in total. The summed E-state index contributed by atoms with van der Waals surface area (Å²) in [5.74, 6) is 0.353. The summed E-state index contributed by atoms with van der Waals surface area (Å²) in [7, 11) is -2.44. The number of thiazole rings is 1. The van der Waals surface area contributed by atoms with Crippen LogP contribution in [0.15, 0.2) is 192 Å². The molecule has 4 aliphatic heterocycles.